The first kappa shape index (κ1) is 10.8. The van der Waals surface area contributed by atoms with E-state index >= 15 is 0 Å². The number of nitrogens with zero attached hydrogens (tertiary/aromatic N) is 1. The average molecular weight is 197 g/mol. The fourth-order valence-electron chi connectivity index (χ4n) is 1.23. The number of amides is 1. The Labute approximate surface area is 83.1 Å². The van der Waals surface area contributed by atoms with Crippen molar-refractivity contribution in [2.24, 2.45) is 0 Å². The van der Waals surface area contributed by atoms with E-state index in [9.17, 15) is 4.79 Å². The molecule has 4 heteroatoms. The lowest BCUT2D eigenvalue weighted by atomic mass is 10.4. The van der Waals surface area contributed by atoms with Gasteiger partial charge in [-0.3, -0.25) is 4.79 Å². The molecule has 14 heavy (non-hydrogen) atoms. The molecule has 0 aliphatic carbocycles. The van der Waals surface area contributed by atoms with E-state index < -0.39 is 0 Å². The van der Waals surface area contributed by atoms with Crippen molar-refractivity contribution in [3.63, 3.8) is 0 Å². The molecule has 0 unspecified atom stereocenters. The van der Waals surface area contributed by atoms with Crippen LogP contribution in [0.4, 0.5) is 0 Å². The number of hydrogen-bond donors (Lipinski definition) is 1. The molecule has 78 valence electrons. The Morgan fingerprint density at radius 1 is 1.57 bits per heavy atom. The van der Waals surface area contributed by atoms with Gasteiger partial charge in [-0.2, -0.15) is 0 Å². The maximum atomic E-state index is 11.1. The Bertz CT molecular complexity index is 306. The van der Waals surface area contributed by atoms with Crippen molar-refractivity contribution in [1.29, 1.82) is 0 Å². The zero-order chi connectivity index (χ0) is 10.6. The number of aliphatic hydroxyl groups is 1. The summed E-state index contributed by atoms with van der Waals surface area (Å²) in [6.07, 6.45) is 0. The van der Waals surface area contributed by atoms with Gasteiger partial charge in [0.25, 0.3) is 0 Å². The molecule has 1 aromatic rings. The zero-order valence-corrected chi connectivity index (χ0v) is 8.49. The lowest BCUT2D eigenvalue weighted by Crippen LogP contribution is -2.30. The molecule has 0 radical (unpaired) electrons. The molecule has 4 nitrogen and oxygen atoms in total. The van der Waals surface area contributed by atoms with Gasteiger partial charge in [0.15, 0.2) is 0 Å². The molecule has 1 N–H and O–H groups in total. The Morgan fingerprint density at radius 3 is 2.71 bits per heavy atom. The molecule has 0 saturated heterocycles. The minimum atomic E-state index is -0.0619. The number of carbonyl (C=O) groups is 1. The number of aliphatic hydroxyl groups excluding tert-OH is 1. The molecule has 1 rings (SSSR count). The van der Waals surface area contributed by atoms with Gasteiger partial charge in [0.05, 0.1) is 13.2 Å². The van der Waals surface area contributed by atoms with Gasteiger partial charge in [-0.25, -0.2) is 0 Å². The molecular formula is C10H15NO3. The number of rotatable bonds is 4. The zero-order valence-electron chi connectivity index (χ0n) is 8.49. The molecule has 1 aromatic heterocycles. The summed E-state index contributed by atoms with van der Waals surface area (Å²) in [6.45, 7) is 4.07. The summed E-state index contributed by atoms with van der Waals surface area (Å²) in [5.41, 5.74) is 0. The highest BCUT2D eigenvalue weighted by Crippen LogP contribution is 2.09. The van der Waals surface area contributed by atoms with Crippen LogP contribution < -0.4 is 0 Å². The summed E-state index contributed by atoms with van der Waals surface area (Å²) in [5.74, 6) is 1.51. The molecule has 0 saturated carbocycles. The number of hydrogen-bond acceptors (Lipinski definition) is 3. The van der Waals surface area contributed by atoms with Crippen LogP contribution in [-0.4, -0.2) is 29.1 Å². The molecule has 1 amide bonds. The second-order valence-electron chi connectivity index (χ2n) is 3.18. The van der Waals surface area contributed by atoms with Gasteiger partial charge < -0.3 is 14.4 Å². The van der Waals surface area contributed by atoms with Crippen molar-refractivity contribution in [1.82, 2.24) is 4.90 Å². The second-order valence-corrected chi connectivity index (χ2v) is 3.18. The third kappa shape index (κ3) is 2.88. The Morgan fingerprint density at radius 2 is 2.29 bits per heavy atom. The lowest BCUT2D eigenvalue weighted by Gasteiger charge is -2.18. The Balaban J connectivity index is 2.59. The Kier molecular flexibility index (Phi) is 3.71. The topological polar surface area (TPSA) is 53.7 Å². The molecule has 1 heterocycles. The van der Waals surface area contributed by atoms with Crippen molar-refractivity contribution in [3.8, 4) is 0 Å². The van der Waals surface area contributed by atoms with Crippen LogP contribution in [0, 0.1) is 6.92 Å². The number of furan rings is 1. The van der Waals surface area contributed by atoms with E-state index in [1.807, 2.05) is 19.1 Å². The van der Waals surface area contributed by atoms with Gasteiger partial charge in [0.2, 0.25) is 5.91 Å². The summed E-state index contributed by atoms with van der Waals surface area (Å²) >= 11 is 0. The van der Waals surface area contributed by atoms with Gasteiger partial charge in [0, 0.05) is 13.5 Å². The predicted octanol–water partition coefficient (Wildman–Crippen LogP) is 0.929. The number of carbonyl (C=O) groups excluding carboxylic acids is 1. The lowest BCUT2D eigenvalue weighted by molar-refractivity contribution is -0.130. The first-order chi connectivity index (χ1) is 6.63. The van der Waals surface area contributed by atoms with Crippen molar-refractivity contribution in [3.05, 3.63) is 23.7 Å². The largest absolute Gasteiger partial charge is 0.464 e. The van der Waals surface area contributed by atoms with Crippen molar-refractivity contribution in [2.75, 3.05) is 13.2 Å². The van der Waals surface area contributed by atoms with Crippen LogP contribution in [0.5, 0.6) is 0 Å². The summed E-state index contributed by atoms with van der Waals surface area (Å²) in [4.78, 5) is 12.7. The van der Waals surface area contributed by atoms with Gasteiger partial charge in [-0.05, 0) is 19.1 Å². The third-order valence-corrected chi connectivity index (χ3v) is 1.96. The highest BCUT2D eigenvalue weighted by atomic mass is 16.3. The first-order valence-electron chi connectivity index (χ1n) is 4.55. The Hall–Kier alpha value is -1.29. The van der Waals surface area contributed by atoms with Crippen LogP contribution in [0.2, 0.25) is 0 Å². The SMILES string of the molecule is CC(=O)N(CCO)Cc1ccc(C)o1. The van der Waals surface area contributed by atoms with Crippen LogP contribution in [-0.2, 0) is 11.3 Å². The maximum absolute atomic E-state index is 11.1. The first-order valence-corrected chi connectivity index (χ1v) is 4.55. The van der Waals surface area contributed by atoms with Gasteiger partial charge in [0.1, 0.15) is 11.5 Å². The van der Waals surface area contributed by atoms with E-state index in [0.717, 1.165) is 11.5 Å². The van der Waals surface area contributed by atoms with Crippen molar-refractivity contribution in [2.45, 2.75) is 20.4 Å². The summed E-state index contributed by atoms with van der Waals surface area (Å²) in [7, 11) is 0. The monoisotopic (exact) mass is 197 g/mol. The minimum absolute atomic E-state index is 0.0285. The fourth-order valence-corrected chi connectivity index (χ4v) is 1.23. The summed E-state index contributed by atoms with van der Waals surface area (Å²) in [5, 5.41) is 8.74. The van der Waals surface area contributed by atoms with Crippen LogP contribution in [0.25, 0.3) is 0 Å². The van der Waals surface area contributed by atoms with Crippen molar-refractivity contribution < 1.29 is 14.3 Å². The van der Waals surface area contributed by atoms with Gasteiger partial charge >= 0.3 is 0 Å². The van der Waals surface area contributed by atoms with E-state index in [0.29, 0.717) is 13.1 Å². The van der Waals surface area contributed by atoms with E-state index in [2.05, 4.69) is 0 Å². The smallest absolute Gasteiger partial charge is 0.219 e. The standard InChI is InChI=1S/C10H15NO3/c1-8-3-4-10(14-8)7-11(5-6-12)9(2)13/h3-4,12H,5-7H2,1-2H3. The van der Waals surface area contributed by atoms with E-state index in [1.54, 1.807) is 0 Å². The molecule has 0 atom stereocenters. The molecule has 0 aliphatic rings. The highest BCUT2D eigenvalue weighted by Gasteiger charge is 2.10. The third-order valence-electron chi connectivity index (χ3n) is 1.96. The second kappa shape index (κ2) is 4.81. The van der Waals surface area contributed by atoms with E-state index in [1.165, 1.54) is 11.8 Å². The molecular weight excluding hydrogens is 182 g/mol. The van der Waals surface area contributed by atoms with Crippen LogP contribution >= 0.6 is 0 Å². The quantitative estimate of drug-likeness (QED) is 0.781. The fraction of sp³-hybridized carbons (Fsp3) is 0.500. The van der Waals surface area contributed by atoms with E-state index in [-0.39, 0.29) is 12.5 Å². The molecule has 0 spiro atoms. The highest BCUT2D eigenvalue weighted by molar-refractivity contribution is 5.73. The predicted molar refractivity (Wildman–Crippen MR) is 51.6 cm³/mol. The normalized spacial score (nSPS) is 10.2. The molecule has 0 fully saturated rings. The van der Waals surface area contributed by atoms with Crippen LogP contribution in [0.3, 0.4) is 0 Å². The van der Waals surface area contributed by atoms with Crippen LogP contribution in [0.15, 0.2) is 16.5 Å². The minimum Gasteiger partial charge on any atom is -0.464 e. The number of aryl methyl sites for hydroxylation is 1. The summed E-state index contributed by atoms with van der Waals surface area (Å²) in [6, 6.07) is 3.69. The molecule has 0 aromatic carbocycles. The average Bonchev–Trinajstić information content (AvgIpc) is 2.50. The molecule has 0 aliphatic heterocycles. The van der Waals surface area contributed by atoms with Gasteiger partial charge in [-0.15, -0.1) is 0 Å². The summed E-state index contributed by atoms with van der Waals surface area (Å²) < 4.78 is 5.33. The molecule has 0 bridgehead atoms. The van der Waals surface area contributed by atoms with Crippen molar-refractivity contribution >= 4 is 5.91 Å². The van der Waals surface area contributed by atoms with E-state index in [4.69, 9.17) is 9.52 Å². The van der Waals surface area contributed by atoms with Gasteiger partial charge in [-0.1, -0.05) is 0 Å². The maximum Gasteiger partial charge on any atom is 0.219 e. The van der Waals surface area contributed by atoms with Crippen LogP contribution in [0.1, 0.15) is 18.4 Å².